The first kappa shape index (κ1) is 15.7. The van der Waals surface area contributed by atoms with Crippen LogP contribution in [-0.4, -0.2) is 30.8 Å². The largest absolute Gasteiger partial charge is 0.474 e. The molecule has 0 radical (unpaired) electrons. The van der Waals surface area contributed by atoms with Crippen molar-refractivity contribution in [3.8, 4) is 5.88 Å². The predicted molar refractivity (Wildman–Crippen MR) is 83.0 cm³/mol. The Labute approximate surface area is 129 Å². The molecule has 1 aliphatic rings. The van der Waals surface area contributed by atoms with Gasteiger partial charge in [-0.3, -0.25) is 0 Å². The van der Waals surface area contributed by atoms with Crippen LogP contribution in [0.15, 0.2) is 16.7 Å². The molecule has 112 valence electrons. The van der Waals surface area contributed by atoms with Gasteiger partial charge in [-0.15, -0.1) is 0 Å². The quantitative estimate of drug-likeness (QED) is 0.861. The van der Waals surface area contributed by atoms with E-state index in [0.717, 1.165) is 54.7 Å². The van der Waals surface area contributed by atoms with Gasteiger partial charge in [-0.2, -0.15) is 0 Å². The first-order valence-electron chi connectivity index (χ1n) is 7.27. The number of rotatable bonds is 6. The molecule has 1 aromatic rings. The molecule has 1 saturated carbocycles. The standard InChI is InChI=1S/C15H23BrN2O2/c1-3-17-9-11-7-12(16)10-18-15(11)20-14-6-4-5-13(8-14)19-2/h7,10,13-14,17H,3-6,8-9H2,1-2H3. The van der Waals surface area contributed by atoms with Gasteiger partial charge in [0.25, 0.3) is 0 Å². The van der Waals surface area contributed by atoms with E-state index in [1.807, 2.05) is 0 Å². The van der Waals surface area contributed by atoms with Crippen LogP contribution in [0.2, 0.25) is 0 Å². The van der Waals surface area contributed by atoms with Crippen LogP contribution in [0.25, 0.3) is 0 Å². The molecule has 0 amide bonds. The molecule has 0 bridgehead atoms. The van der Waals surface area contributed by atoms with Crippen molar-refractivity contribution >= 4 is 15.9 Å². The van der Waals surface area contributed by atoms with E-state index in [-0.39, 0.29) is 6.10 Å². The summed E-state index contributed by atoms with van der Waals surface area (Å²) in [5.74, 6) is 0.746. The van der Waals surface area contributed by atoms with Gasteiger partial charge in [0, 0.05) is 36.3 Å². The van der Waals surface area contributed by atoms with Gasteiger partial charge in [-0.05, 0) is 47.8 Å². The Morgan fingerprint density at radius 3 is 2.95 bits per heavy atom. The number of hydrogen-bond donors (Lipinski definition) is 1. The lowest BCUT2D eigenvalue weighted by atomic mass is 9.95. The molecule has 4 nitrogen and oxygen atoms in total. The van der Waals surface area contributed by atoms with E-state index in [0.29, 0.717) is 6.10 Å². The van der Waals surface area contributed by atoms with Crippen molar-refractivity contribution in [2.45, 2.75) is 51.4 Å². The highest BCUT2D eigenvalue weighted by molar-refractivity contribution is 9.10. The van der Waals surface area contributed by atoms with Crippen molar-refractivity contribution in [1.29, 1.82) is 0 Å². The van der Waals surface area contributed by atoms with Gasteiger partial charge in [0.15, 0.2) is 0 Å². The minimum absolute atomic E-state index is 0.211. The van der Waals surface area contributed by atoms with E-state index < -0.39 is 0 Å². The zero-order valence-corrected chi connectivity index (χ0v) is 13.8. The first-order chi connectivity index (χ1) is 9.72. The molecule has 1 aromatic heterocycles. The molecular weight excluding hydrogens is 320 g/mol. The Hall–Kier alpha value is -0.650. The van der Waals surface area contributed by atoms with Gasteiger partial charge in [-0.25, -0.2) is 4.98 Å². The molecule has 2 unspecified atom stereocenters. The van der Waals surface area contributed by atoms with Crippen LogP contribution < -0.4 is 10.1 Å². The van der Waals surface area contributed by atoms with Crippen molar-refractivity contribution in [3.05, 3.63) is 22.3 Å². The Bertz CT molecular complexity index is 428. The molecule has 1 aliphatic carbocycles. The van der Waals surface area contributed by atoms with Crippen LogP contribution in [0.4, 0.5) is 0 Å². The smallest absolute Gasteiger partial charge is 0.218 e. The number of ether oxygens (including phenoxy) is 2. The number of nitrogens with zero attached hydrogens (tertiary/aromatic N) is 1. The van der Waals surface area contributed by atoms with E-state index in [4.69, 9.17) is 9.47 Å². The minimum atomic E-state index is 0.211. The molecule has 2 rings (SSSR count). The number of nitrogens with one attached hydrogen (secondary N) is 1. The van der Waals surface area contributed by atoms with Crippen LogP contribution in [0.3, 0.4) is 0 Å². The molecular formula is C15H23BrN2O2. The highest BCUT2D eigenvalue weighted by atomic mass is 79.9. The molecule has 0 spiro atoms. The summed E-state index contributed by atoms with van der Waals surface area (Å²) in [5, 5.41) is 3.32. The van der Waals surface area contributed by atoms with Crippen LogP contribution in [0.5, 0.6) is 5.88 Å². The van der Waals surface area contributed by atoms with E-state index in [2.05, 4.69) is 39.2 Å². The van der Waals surface area contributed by atoms with Crippen molar-refractivity contribution < 1.29 is 9.47 Å². The number of aromatic nitrogens is 1. The molecule has 1 N–H and O–H groups in total. The maximum atomic E-state index is 6.12. The highest BCUT2D eigenvalue weighted by Crippen LogP contribution is 2.27. The highest BCUT2D eigenvalue weighted by Gasteiger charge is 2.24. The second-order valence-electron chi connectivity index (χ2n) is 5.16. The van der Waals surface area contributed by atoms with Gasteiger partial charge in [0.05, 0.1) is 6.10 Å². The third-order valence-corrected chi connectivity index (χ3v) is 4.08. The average molecular weight is 343 g/mol. The maximum Gasteiger partial charge on any atom is 0.218 e. The fraction of sp³-hybridized carbons (Fsp3) is 0.667. The average Bonchev–Trinajstić information content (AvgIpc) is 2.47. The summed E-state index contributed by atoms with van der Waals surface area (Å²) in [6.45, 7) is 3.80. The van der Waals surface area contributed by atoms with Crippen molar-refractivity contribution in [2.75, 3.05) is 13.7 Å². The van der Waals surface area contributed by atoms with E-state index in [1.54, 1.807) is 13.3 Å². The van der Waals surface area contributed by atoms with Gasteiger partial charge in [0.2, 0.25) is 5.88 Å². The predicted octanol–water partition coefficient (Wildman–Crippen LogP) is 3.29. The zero-order valence-electron chi connectivity index (χ0n) is 12.2. The second kappa shape index (κ2) is 7.96. The summed E-state index contributed by atoms with van der Waals surface area (Å²) < 4.78 is 12.6. The SMILES string of the molecule is CCNCc1cc(Br)cnc1OC1CCCC(OC)C1. The summed E-state index contributed by atoms with van der Waals surface area (Å²) in [4.78, 5) is 4.43. The third kappa shape index (κ3) is 4.43. The van der Waals surface area contributed by atoms with E-state index in [1.165, 1.54) is 0 Å². The van der Waals surface area contributed by atoms with Crippen LogP contribution in [-0.2, 0) is 11.3 Å². The monoisotopic (exact) mass is 342 g/mol. The molecule has 20 heavy (non-hydrogen) atoms. The molecule has 5 heteroatoms. The Morgan fingerprint density at radius 1 is 1.40 bits per heavy atom. The third-order valence-electron chi connectivity index (χ3n) is 3.65. The summed E-state index contributed by atoms with van der Waals surface area (Å²) in [6.07, 6.45) is 6.65. The lowest BCUT2D eigenvalue weighted by molar-refractivity contribution is 0.0191. The summed E-state index contributed by atoms with van der Waals surface area (Å²) in [5.41, 5.74) is 1.10. The van der Waals surface area contributed by atoms with Crippen molar-refractivity contribution in [2.24, 2.45) is 0 Å². The van der Waals surface area contributed by atoms with Gasteiger partial charge in [0.1, 0.15) is 6.10 Å². The Morgan fingerprint density at radius 2 is 2.20 bits per heavy atom. The Kier molecular flexibility index (Phi) is 6.26. The topological polar surface area (TPSA) is 43.4 Å². The summed E-state index contributed by atoms with van der Waals surface area (Å²) >= 11 is 3.47. The van der Waals surface area contributed by atoms with Gasteiger partial charge < -0.3 is 14.8 Å². The van der Waals surface area contributed by atoms with E-state index in [9.17, 15) is 0 Å². The molecule has 1 fully saturated rings. The first-order valence-corrected chi connectivity index (χ1v) is 8.06. The second-order valence-corrected chi connectivity index (χ2v) is 6.08. The number of pyridine rings is 1. The molecule has 0 aliphatic heterocycles. The lowest BCUT2D eigenvalue weighted by Gasteiger charge is -2.28. The normalized spacial score (nSPS) is 22.8. The fourth-order valence-electron chi connectivity index (χ4n) is 2.54. The van der Waals surface area contributed by atoms with Crippen LogP contribution in [0, 0.1) is 0 Å². The van der Waals surface area contributed by atoms with Crippen LogP contribution >= 0.6 is 15.9 Å². The molecule has 0 aromatic carbocycles. The van der Waals surface area contributed by atoms with Gasteiger partial charge in [-0.1, -0.05) is 6.92 Å². The maximum absolute atomic E-state index is 6.12. The van der Waals surface area contributed by atoms with Crippen molar-refractivity contribution in [1.82, 2.24) is 10.3 Å². The zero-order chi connectivity index (χ0) is 14.4. The summed E-state index contributed by atoms with van der Waals surface area (Å²) in [6, 6.07) is 2.07. The molecule has 1 heterocycles. The van der Waals surface area contributed by atoms with Crippen molar-refractivity contribution in [3.63, 3.8) is 0 Å². The number of hydrogen-bond acceptors (Lipinski definition) is 4. The lowest BCUT2D eigenvalue weighted by Crippen LogP contribution is -2.30. The summed E-state index contributed by atoms with van der Waals surface area (Å²) in [7, 11) is 1.78. The van der Waals surface area contributed by atoms with E-state index >= 15 is 0 Å². The fourth-order valence-corrected chi connectivity index (χ4v) is 2.92. The molecule has 0 saturated heterocycles. The molecule has 2 atom stereocenters. The number of halogens is 1. The van der Waals surface area contributed by atoms with Gasteiger partial charge >= 0.3 is 0 Å². The number of methoxy groups -OCH3 is 1. The Balaban J connectivity index is 2.03. The minimum Gasteiger partial charge on any atom is -0.474 e. The van der Waals surface area contributed by atoms with Crippen LogP contribution in [0.1, 0.15) is 38.2 Å².